The molecule has 0 aromatic heterocycles. The van der Waals surface area contributed by atoms with Gasteiger partial charge in [-0.05, 0) is 19.3 Å². The predicted molar refractivity (Wildman–Crippen MR) is 79.4 cm³/mol. The van der Waals surface area contributed by atoms with Crippen LogP contribution in [0.2, 0.25) is 0 Å². The van der Waals surface area contributed by atoms with Gasteiger partial charge in [0.25, 0.3) is 0 Å². The molecule has 0 radical (unpaired) electrons. The number of thiocarbonyl (C=S) groups is 1. The van der Waals surface area contributed by atoms with E-state index in [1.807, 2.05) is 0 Å². The van der Waals surface area contributed by atoms with Crippen LogP contribution < -0.4 is 11.1 Å². The largest absolute Gasteiger partial charge is 0.392 e. The fourth-order valence-electron chi connectivity index (χ4n) is 2.58. The third-order valence-electron chi connectivity index (χ3n) is 3.71. The summed E-state index contributed by atoms with van der Waals surface area (Å²) >= 11 is 5.01. The summed E-state index contributed by atoms with van der Waals surface area (Å²) in [6, 6.07) is -0.122. The van der Waals surface area contributed by atoms with Crippen molar-refractivity contribution in [2.75, 3.05) is 0 Å². The number of nitrogens with two attached hydrogens (primary N) is 1. The van der Waals surface area contributed by atoms with Crippen LogP contribution in [-0.4, -0.2) is 16.9 Å². The van der Waals surface area contributed by atoms with E-state index in [2.05, 4.69) is 12.2 Å². The van der Waals surface area contributed by atoms with Crippen molar-refractivity contribution in [3.8, 4) is 0 Å². The van der Waals surface area contributed by atoms with Gasteiger partial charge in [-0.15, -0.1) is 0 Å². The molecule has 0 aromatic carbocycles. The lowest BCUT2D eigenvalue weighted by molar-refractivity contribution is -0.126. The summed E-state index contributed by atoms with van der Waals surface area (Å²) in [6.45, 7) is 2.08. The lowest BCUT2D eigenvalue weighted by Gasteiger charge is -2.23. The minimum atomic E-state index is -0.122. The van der Waals surface area contributed by atoms with Crippen molar-refractivity contribution in [3.63, 3.8) is 0 Å². The van der Waals surface area contributed by atoms with Gasteiger partial charge in [0.05, 0.1) is 11.0 Å². The van der Waals surface area contributed by atoms with Crippen molar-refractivity contribution >= 4 is 23.1 Å². The Morgan fingerprint density at radius 2 is 1.83 bits per heavy atom. The molecule has 104 valence electrons. The number of amides is 1. The molecule has 18 heavy (non-hydrogen) atoms. The molecule has 3 nitrogen and oxygen atoms in total. The highest BCUT2D eigenvalue weighted by Gasteiger charge is 2.22. The van der Waals surface area contributed by atoms with E-state index < -0.39 is 0 Å². The molecular formula is C14H26N2OS. The molecule has 0 saturated heterocycles. The molecule has 0 aromatic rings. The van der Waals surface area contributed by atoms with Crippen molar-refractivity contribution in [2.24, 2.45) is 11.7 Å². The van der Waals surface area contributed by atoms with Gasteiger partial charge in [-0.1, -0.05) is 57.7 Å². The van der Waals surface area contributed by atoms with Crippen molar-refractivity contribution in [1.82, 2.24) is 5.32 Å². The fourth-order valence-corrected chi connectivity index (χ4v) is 2.76. The number of hydrogen-bond acceptors (Lipinski definition) is 2. The Kier molecular flexibility index (Phi) is 7.25. The van der Waals surface area contributed by atoms with Crippen LogP contribution >= 0.6 is 12.2 Å². The molecule has 0 spiro atoms. The van der Waals surface area contributed by atoms with Gasteiger partial charge in [0.2, 0.25) is 5.91 Å². The average molecular weight is 270 g/mol. The van der Waals surface area contributed by atoms with E-state index in [0.29, 0.717) is 4.99 Å². The molecule has 1 saturated carbocycles. The predicted octanol–water partition coefficient (Wildman–Crippen LogP) is 2.92. The minimum Gasteiger partial charge on any atom is -0.392 e. The third kappa shape index (κ3) is 5.34. The first kappa shape index (κ1) is 15.4. The molecule has 1 rings (SSSR count). The van der Waals surface area contributed by atoms with E-state index in [4.69, 9.17) is 18.0 Å². The summed E-state index contributed by atoms with van der Waals surface area (Å²) in [5.74, 6) is 0.321. The zero-order chi connectivity index (χ0) is 13.4. The van der Waals surface area contributed by atoms with Crippen molar-refractivity contribution in [1.29, 1.82) is 0 Å². The third-order valence-corrected chi connectivity index (χ3v) is 4.00. The van der Waals surface area contributed by atoms with Crippen LogP contribution in [0.3, 0.4) is 0 Å². The number of nitrogens with one attached hydrogen (secondary N) is 1. The fraction of sp³-hybridized carbons (Fsp3) is 0.857. The zero-order valence-electron chi connectivity index (χ0n) is 11.4. The van der Waals surface area contributed by atoms with Gasteiger partial charge in [-0.3, -0.25) is 4.79 Å². The average Bonchev–Trinajstić information content (AvgIpc) is 2.27. The van der Waals surface area contributed by atoms with E-state index in [0.717, 1.165) is 25.7 Å². The van der Waals surface area contributed by atoms with Gasteiger partial charge in [-0.25, -0.2) is 0 Å². The maximum absolute atomic E-state index is 12.2. The number of hydrogen-bond donors (Lipinski definition) is 2. The Labute approximate surface area is 116 Å². The molecule has 1 aliphatic carbocycles. The number of carbonyl (C=O) groups excluding carboxylic acids is 1. The van der Waals surface area contributed by atoms with E-state index in [9.17, 15) is 4.79 Å². The highest BCUT2D eigenvalue weighted by molar-refractivity contribution is 7.80. The molecular weight excluding hydrogens is 244 g/mol. The Morgan fingerprint density at radius 1 is 1.28 bits per heavy atom. The molecule has 1 fully saturated rings. The first-order valence-electron chi connectivity index (χ1n) is 7.24. The Balaban J connectivity index is 2.47. The molecule has 1 unspecified atom stereocenters. The van der Waals surface area contributed by atoms with E-state index in [1.54, 1.807) is 0 Å². The summed E-state index contributed by atoms with van der Waals surface area (Å²) in [6.07, 6.45) is 10.0. The van der Waals surface area contributed by atoms with Crippen molar-refractivity contribution in [3.05, 3.63) is 0 Å². The Bertz CT molecular complexity index is 273. The number of carbonyl (C=O) groups is 1. The second kappa shape index (κ2) is 8.46. The maximum atomic E-state index is 12.2. The second-order valence-electron chi connectivity index (χ2n) is 5.29. The van der Waals surface area contributed by atoms with E-state index >= 15 is 0 Å². The van der Waals surface area contributed by atoms with Gasteiger partial charge in [-0.2, -0.15) is 0 Å². The van der Waals surface area contributed by atoms with E-state index in [1.165, 1.54) is 32.1 Å². The van der Waals surface area contributed by atoms with Gasteiger partial charge >= 0.3 is 0 Å². The smallest absolute Gasteiger partial charge is 0.223 e. The topological polar surface area (TPSA) is 55.1 Å². The van der Waals surface area contributed by atoms with Crippen LogP contribution in [0, 0.1) is 5.92 Å². The molecule has 0 heterocycles. The maximum Gasteiger partial charge on any atom is 0.223 e. The number of rotatable bonds is 5. The van der Waals surface area contributed by atoms with Crippen LogP contribution in [-0.2, 0) is 4.79 Å². The molecule has 1 aliphatic rings. The zero-order valence-corrected chi connectivity index (χ0v) is 12.2. The Hall–Kier alpha value is -0.640. The molecule has 1 amide bonds. The normalized spacial score (nSPS) is 19.6. The lowest BCUT2D eigenvalue weighted by atomic mass is 9.90. The molecule has 0 bridgehead atoms. The van der Waals surface area contributed by atoms with Gasteiger partial charge in [0.1, 0.15) is 0 Å². The highest BCUT2D eigenvalue weighted by Crippen LogP contribution is 2.22. The molecule has 3 N–H and O–H groups in total. The summed E-state index contributed by atoms with van der Waals surface area (Å²) in [4.78, 5) is 12.6. The van der Waals surface area contributed by atoms with Crippen LogP contribution in [0.25, 0.3) is 0 Å². The summed E-state index contributed by atoms with van der Waals surface area (Å²) in [7, 11) is 0. The van der Waals surface area contributed by atoms with Gasteiger partial charge in [0, 0.05) is 5.92 Å². The second-order valence-corrected chi connectivity index (χ2v) is 5.77. The standard InChI is InChI=1S/C14H26N2OS/c1-2-8-12(13(15)18)16-14(17)11-9-6-4-3-5-7-10-11/h11-12H,2-10H2,1H3,(H2,15,18)(H,16,17). The quantitative estimate of drug-likeness (QED) is 0.755. The van der Waals surface area contributed by atoms with Crippen LogP contribution in [0.1, 0.15) is 64.7 Å². The summed E-state index contributed by atoms with van der Waals surface area (Å²) in [5.41, 5.74) is 5.67. The molecule has 1 atom stereocenters. The highest BCUT2D eigenvalue weighted by atomic mass is 32.1. The minimum absolute atomic E-state index is 0.122. The van der Waals surface area contributed by atoms with Crippen LogP contribution in [0.5, 0.6) is 0 Å². The van der Waals surface area contributed by atoms with Gasteiger partial charge < -0.3 is 11.1 Å². The van der Waals surface area contributed by atoms with Crippen LogP contribution in [0.15, 0.2) is 0 Å². The first-order valence-corrected chi connectivity index (χ1v) is 7.65. The van der Waals surface area contributed by atoms with Crippen molar-refractivity contribution < 1.29 is 4.79 Å². The first-order chi connectivity index (χ1) is 8.65. The van der Waals surface area contributed by atoms with E-state index in [-0.39, 0.29) is 17.9 Å². The summed E-state index contributed by atoms with van der Waals surface area (Å²) < 4.78 is 0. The summed E-state index contributed by atoms with van der Waals surface area (Å²) in [5, 5.41) is 3.03. The SMILES string of the molecule is CCCC(NC(=O)C1CCCCCCC1)C(N)=S. The molecule has 4 heteroatoms. The molecule has 0 aliphatic heterocycles. The Morgan fingerprint density at radius 3 is 2.33 bits per heavy atom. The monoisotopic (exact) mass is 270 g/mol. The van der Waals surface area contributed by atoms with Crippen LogP contribution in [0.4, 0.5) is 0 Å². The van der Waals surface area contributed by atoms with Crippen molar-refractivity contribution in [2.45, 2.75) is 70.8 Å². The lowest BCUT2D eigenvalue weighted by Crippen LogP contribution is -2.45. The van der Waals surface area contributed by atoms with Gasteiger partial charge in [0.15, 0.2) is 0 Å².